The van der Waals surface area contributed by atoms with Crippen LogP contribution in [0.25, 0.3) is 0 Å². The third-order valence-corrected chi connectivity index (χ3v) is 4.26. The van der Waals surface area contributed by atoms with Gasteiger partial charge in [-0.25, -0.2) is 8.42 Å². The zero-order valence-electron chi connectivity index (χ0n) is 10.2. The van der Waals surface area contributed by atoms with E-state index in [1.807, 2.05) is 0 Å². The maximum absolute atomic E-state index is 12.4. The zero-order chi connectivity index (χ0) is 15.6. The van der Waals surface area contributed by atoms with Crippen LogP contribution in [-0.4, -0.2) is 26.5 Å². The fourth-order valence-electron chi connectivity index (χ4n) is 1.36. The minimum absolute atomic E-state index is 0.0248. The van der Waals surface area contributed by atoms with Gasteiger partial charge in [0.05, 0.1) is 16.5 Å². The molecule has 0 radical (unpaired) electrons. The summed E-state index contributed by atoms with van der Waals surface area (Å²) < 4.78 is 64.2. The molecule has 0 aromatic heterocycles. The molecule has 0 heterocycles. The summed E-state index contributed by atoms with van der Waals surface area (Å²) >= 11 is 5.57. The Labute approximate surface area is 118 Å². The number of carbonyl (C=O) groups excluding carboxylic acids is 1. The summed E-state index contributed by atoms with van der Waals surface area (Å²) in [6.45, 7) is 1.24. The highest BCUT2D eigenvalue weighted by atomic mass is 35.5. The second-order valence-corrected chi connectivity index (χ2v) is 6.12. The second-order valence-electron chi connectivity index (χ2n) is 3.80. The van der Waals surface area contributed by atoms with Crippen molar-refractivity contribution in [2.24, 2.45) is 0 Å². The summed E-state index contributed by atoms with van der Waals surface area (Å²) in [6, 6.07) is 3.08. The monoisotopic (exact) mass is 330 g/mol. The topological polar surface area (TPSA) is 60.4 Å². The molecule has 0 N–H and O–H groups in total. The van der Waals surface area contributed by atoms with E-state index in [0.717, 1.165) is 12.1 Å². The first-order valence-electron chi connectivity index (χ1n) is 5.29. The van der Waals surface area contributed by atoms with Crippen molar-refractivity contribution in [2.45, 2.75) is 23.7 Å². The number of esters is 1. The predicted octanol–water partition coefficient (Wildman–Crippen LogP) is 2.74. The van der Waals surface area contributed by atoms with Gasteiger partial charge in [0.25, 0.3) is 9.84 Å². The average molecular weight is 331 g/mol. The van der Waals surface area contributed by atoms with Crippen LogP contribution in [0.1, 0.15) is 12.5 Å². The van der Waals surface area contributed by atoms with Crippen LogP contribution < -0.4 is 0 Å². The Bertz CT molecular complexity index is 611. The van der Waals surface area contributed by atoms with Gasteiger partial charge in [-0.05, 0) is 17.7 Å². The number of alkyl halides is 3. The molecule has 1 aromatic rings. The van der Waals surface area contributed by atoms with Crippen molar-refractivity contribution in [1.29, 1.82) is 0 Å². The van der Waals surface area contributed by atoms with Crippen molar-refractivity contribution in [3.8, 4) is 0 Å². The number of rotatable bonds is 4. The smallest absolute Gasteiger partial charge is 0.466 e. The molecule has 0 spiro atoms. The lowest BCUT2D eigenvalue weighted by atomic mass is 10.2. The fourth-order valence-corrected chi connectivity index (χ4v) is 2.68. The predicted molar refractivity (Wildman–Crippen MR) is 65.0 cm³/mol. The van der Waals surface area contributed by atoms with Gasteiger partial charge in [0, 0.05) is 13.3 Å². The molecule has 0 atom stereocenters. The zero-order valence-corrected chi connectivity index (χ0v) is 11.8. The Kier molecular flexibility index (Phi) is 5.04. The Balaban J connectivity index is 2.98. The lowest BCUT2D eigenvalue weighted by Gasteiger charge is -2.10. The summed E-state index contributed by atoms with van der Waals surface area (Å²) in [6.07, 6.45) is 0.214. The van der Waals surface area contributed by atoms with Crippen molar-refractivity contribution in [1.82, 2.24) is 0 Å². The molecule has 9 heteroatoms. The number of hydrogen-bond acceptors (Lipinski definition) is 4. The third kappa shape index (κ3) is 3.86. The van der Waals surface area contributed by atoms with Gasteiger partial charge in [-0.2, -0.15) is 13.2 Å². The number of halogens is 4. The SMILES string of the molecule is CC(=O)OCCc1ccc(S(=O)(=O)C(F)(F)F)c(Cl)c1. The number of carbonyl (C=O) groups is 1. The van der Waals surface area contributed by atoms with Gasteiger partial charge in [0.15, 0.2) is 0 Å². The van der Waals surface area contributed by atoms with Gasteiger partial charge in [-0.3, -0.25) is 4.79 Å². The number of hydrogen-bond donors (Lipinski definition) is 0. The van der Waals surface area contributed by atoms with Crippen LogP contribution in [0, 0.1) is 0 Å². The number of ether oxygens (including phenoxy) is 1. The van der Waals surface area contributed by atoms with Crippen molar-refractivity contribution < 1.29 is 31.1 Å². The molecule has 0 saturated carbocycles. The molecule has 112 valence electrons. The average Bonchev–Trinajstić information content (AvgIpc) is 2.26. The number of sulfone groups is 1. The summed E-state index contributed by atoms with van der Waals surface area (Å²) in [7, 11) is -5.48. The van der Waals surface area contributed by atoms with Gasteiger partial charge >= 0.3 is 11.5 Å². The molecular formula is C11H10ClF3O4S. The van der Waals surface area contributed by atoms with Crippen molar-refractivity contribution in [3.05, 3.63) is 28.8 Å². The van der Waals surface area contributed by atoms with E-state index in [1.54, 1.807) is 0 Å². The van der Waals surface area contributed by atoms with E-state index in [2.05, 4.69) is 4.74 Å². The fraction of sp³-hybridized carbons (Fsp3) is 0.364. The van der Waals surface area contributed by atoms with Crippen LogP contribution >= 0.6 is 11.6 Å². The van der Waals surface area contributed by atoms with Crippen LogP contribution in [-0.2, 0) is 25.8 Å². The summed E-state index contributed by atoms with van der Waals surface area (Å²) in [5.41, 5.74) is -4.95. The molecule has 4 nitrogen and oxygen atoms in total. The Morgan fingerprint density at radius 3 is 2.40 bits per heavy atom. The second kappa shape index (κ2) is 6.01. The first-order chi connectivity index (χ1) is 9.05. The quantitative estimate of drug-likeness (QED) is 0.796. The van der Waals surface area contributed by atoms with E-state index in [-0.39, 0.29) is 13.0 Å². The van der Waals surface area contributed by atoms with Crippen LogP contribution in [0.2, 0.25) is 5.02 Å². The third-order valence-electron chi connectivity index (χ3n) is 2.29. The number of benzene rings is 1. The highest BCUT2D eigenvalue weighted by Gasteiger charge is 2.47. The molecule has 0 amide bonds. The molecule has 0 bridgehead atoms. The molecule has 0 aliphatic carbocycles. The Hall–Kier alpha value is -1.28. The molecule has 0 aliphatic rings. The lowest BCUT2D eigenvalue weighted by molar-refractivity contribution is -0.140. The van der Waals surface area contributed by atoms with Crippen LogP contribution in [0.3, 0.4) is 0 Å². The highest BCUT2D eigenvalue weighted by Crippen LogP contribution is 2.34. The first-order valence-corrected chi connectivity index (χ1v) is 7.15. The Morgan fingerprint density at radius 2 is 1.95 bits per heavy atom. The molecule has 0 saturated heterocycles. The van der Waals surface area contributed by atoms with Gasteiger partial charge in [-0.1, -0.05) is 17.7 Å². The maximum atomic E-state index is 12.4. The van der Waals surface area contributed by atoms with Gasteiger partial charge < -0.3 is 4.74 Å². The largest absolute Gasteiger partial charge is 0.501 e. The van der Waals surface area contributed by atoms with E-state index < -0.39 is 31.2 Å². The normalized spacial score (nSPS) is 12.2. The van der Waals surface area contributed by atoms with E-state index in [0.29, 0.717) is 5.56 Å². The molecule has 0 fully saturated rings. The molecule has 1 rings (SSSR count). The summed E-state index contributed by atoms with van der Waals surface area (Å²) in [5.74, 6) is -0.493. The summed E-state index contributed by atoms with van der Waals surface area (Å²) in [5, 5.41) is -0.525. The summed E-state index contributed by atoms with van der Waals surface area (Å²) in [4.78, 5) is 9.55. The van der Waals surface area contributed by atoms with Gasteiger partial charge in [-0.15, -0.1) is 0 Å². The van der Waals surface area contributed by atoms with Crippen molar-refractivity contribution >= 4 is 27.4 Å². The van der Waals surface area contributed by atoms with E-state index in [1.165, 1.54) is 13.0 Å². The first kappa shape index (κ1) is 16.8. The maximum Gasteiger partial charge on any atom is 0.501 e. The standard InChI is InChI=1S/C11H10ClF3O4S/c1-7(16)19-5-4-8-2-3-10(9(12)6-8)20(17,18)11(13,14)15/h2-3,6H,4-5H2,1H3. The molecule has 1 aromatic carbocycles. The van der Waals surface area contributed by atoms with Crippen LogP contribution in [0.4, 0.5) is 13.2 Å². The highest BCUT2D eigenvalue weighted by molar-refractivity contribution is 7.92. The van der Waals surface area contributed by atoms with Gasteiger partial charge in [0.2, 0.25) is 0 Å². The van der Waals surface area contributed by atoms with Crippen molar-refractivity contribution in [3.63, 3.8) is 0 Å². The Morgan fingerprint density at radius 1 is 1.35 bits per heavy atom. The molecule has 0 unspecified atom stereocenters. The molecular weight excluding hydrogens is 321 g/mol. The van der Waals surface area contributed by atoms with E-state index in [4.69, 9.17) is 11.6 Å². The lowest BCUT2D eigenvalue weighted by Crippen LogP contribution is -2.23. The van der Waals surface area contributed by atoms with Gasteiger partial charge in [0.1, 0.15) is 0 Å². The van der Waals surface area contributed by atoms with E-state index in [9.17, 15) is 26.4 Å². The molecule has 20 heavy (non-hydrogen) atoms. The van der Waals surface area contributed by atoms with Crippen LogP contribution in [0.5, 0.6) is 0 Å². The molecule has 0 aliphatic heterocycles. The van der Waals surface area contributed by atoms with Crippen LogP contribution in [0.15, 0.2) is 23.1 Å². The minimum atomic E-state index is -5.48. The van der Waals surface area contributed by atoms with E-state index >= 15 is 0 Å². The van der Waals surface area contributed by atoms with Crippen molar-refractivity contribution in [2.75, 3.05) is 6.61 Å². The minimum Gasteiger partial charge on any atom is -0.466 e.